The Morgan fingerprint density at radius 3 is 1.38 bits per heavy atom. The second kappa shape index (κ2) is 25.0. The van der Waals surface area contributed by atoms with Crippen molar-refractivity contribution in [3.05, 3.63) is 49.6 Å². The van der Waals surface area contributed by atoms with Gasteiger partial charge in [-0.2, -0.15) is 0 Å². The lowest BCUT2D eigenvalue weighted by Crippen LogP contribution is -2.05. The van der Waals surface area contributed by atoms with Crippen molar-refractivity contribution in [1.29, 1.82) is 0 Å². The summed E-state index contributed by atoms with van der Waals surface area (Å²) in [5, 5.41) is 0.0115. The maximum absolute atomic E-state index is 5.79. The predicted molar refractivity (Wildman–Crippen MR) is 120 cm³/mol. The van der Waals surface area contributed by atoms with Crippen molar-refractivity contribution in [2.45, 2.75) is 36.4 Å². The third kappa shape index (κ3) is 26.3. The average molecular weight is 446 g/mol. The molecule has 0 aromatic heterocycles. The lowest BCUT2D eigenvalue weighted by Gasteiger charge is -2.06. The molecule has 0 aromatic carbocycles. The van der Waals surface area contributed by atoms with E-state index in [1.165, 1.54) is 0 Å². The van der Waals surface area contributed by atoms with E-state index in [9.17, 15) is 0 Å². The van der Waals surface area contributed by atoms with Crippen LogP contribution in [0.1, 0.15) is 25.7 Å². The van der Waals surface area contributed by atoms with Crippen molar-refractivity contribution in [3.63, 3.8) is 0 Å². The molecule has 0 saturated carbocycles. The third-order valence-corrected chi connectivity index (χ3v) is 4.11. The topological polar surface area (TPSA) is 18.5 Å². The molecule has 6 heteroatoms. The Kier molecular flexibility index (Phi) is 27.2. The van der Waals surface area contributed by atoms with Crippen molar-refractivity contribution in [2.75, 3.05) is 38.2 Å². The summed E-state index contributed by atoms with van der Waals surface area (Å²) in [6, 6.07) is 0. The minimum atomic E-state index is 0.00574. The van der Waals surface area contributed by atoms with Crippen LogP contribution >= 0.6 is 46.4 Å². The first kappa shape index (κ1) is 28.3. The molecular formula is C20H32Cl4O2. The molecule has 0 aliphatic carbocycles. The molecule has 0 spiro atoms. The van der Waals surface area contributed by atoms with E-state index in [-0.39, 0.29) is 10.8 Å². The van der Waals surface area contributed by atoms with Gasteiger partial charge in [-0.1, -0.05) is 36.5 Å². The molecule has 2 unspecified atom stereocenters. The van der Waals surface area contributed by atoms with Crippen LogP contribution in [-0.2, 0) is 9.47 Å². The van der Waals surface area contributed by atoms with E-state index in [1.807, 2.05) is 24.3 Å². The molecular weight excluding hydrogens is 414 g/mol. The summed E-state index contributed by atoms with van der Waals surface area (Å²) in [5.74, 6) is 1.16. The van der Waals surface area contributed by atoms with Crippen LogP contribution in [0.15, 0.2) is 49.6 Å². The number of halogens is 4. The summed E-state index contributed by atoms with van der Waals surface area (Å²) in [7, 11) is 0. The van der Waals surface area contributed by atoms with Crippen molar-refractivity contribution in [1.82, 2.24) is 0 Å². The van der Waals surface area contributed by atoms with Crippen LogP contribution in [0.4, 0.5) is 0 Å². The van der Waals surface area contributed by atoms with Crippen LogP contribution in [0.2, 0.25) is 0 Å². The predicted octanol–water partition coefficient (Wildman–Crippen LogP) is 6.74. The van der Waals surface area contributed by atoms with Crippen molar-refractivity contribution in [3.8, 4) is 0 Å². The molecule has 0 heterocycles. The van der Waals surface area contributed by atoms with E-state index in [4.69, 9.17) is 55.9 Å². The zero-order valence-corrected chi connectivity index (χ0v) is 18.5. The van der Waals surface area contributed by atoms with Crippen LogP contribution in [0.5, 0.6) is 0 Å². The monoisotopic (exact) mass is 444 g/mol. The lowest BCUT2D eigenvalue weighted by atomic mass is 10.3. The minimum absolute atomic E-state index is 0.00574. The first-order valence-electron chi connectivity index (χ1n) is 8.72. The van der Waals surface area contributed by atoms with E-state index >= 15 is 0 Å². The van der Waals surface area contributed by atoms with Gasteiger partial charge in [-0.25, -0.2) is 0 Å². The molecule has 0 saturated heterocycles. The van der Waals surface area contributed by atoms with Crippen LogP contribution in [0, 0.1) is 0 Å². The molecule has 0 bridgehead atoms. The smallest absolute Gasteiger partial charge is 0.0535 e. The number of allylic oxidation sites excluding steroid dienone is 4. The van der Waals surface area contributed by atoms with Gasteiger partial charge in [0, 0.05) is 25.0 Å². The molecule has 0 aromatic rings. The van der Waals surface area contributed by atoms with E-state index in [1.54, 1.807) is 12.2 Å². The molecule has 0 aliphatic heterocycles. The third-order valence-electron chi connectivity index (χ3n) is 2.96. The Bertz CT molecular complexity index is 328. The van der Waals surface area contributed by atoms with Gasteiger partial charge in [0.15, 0.2) is 0 Å². The molecule has 0 rings (SSSR count). The second-order valence-corrected chi connectivity index (χ2v) is 6.87. The Balaban J connectivity index is 0. The molecule has 2 atom stereocenters. The van der Waals surface area contributed by atoms with Crippen LogP contribution in [0.3, 0.4) is 0 Å². The highest BCUT2D eigenvalue weighted by molar-refractivity contribution is 6.22. The minimum Gasteiger partial charge on any atom is -0.381 e. The maximum Gasteiger partial charge on any atom is 0.0535 e. The lowest BCUT2D eigenvalue weighted by molar-refractivity contribution is 0.131. The quantitative estimate of drug-likeness (QED) is 0.149. The highest BCUT2D eigenvalue weighted by atomic mass is 35.5. The van der Waals surface area contributed by atoms with E-state index in [0.717, 1.165) is 38.9 Å². The van der Waals surface area contributed by atoms with Crippen LogP contribution in [0.25, 0.3) is 0 Å². The standard InChI is InChI=1S/2C10H16Cl2O/c1-3-9(11)5-7-13-8-6-10(12)4-2;11-7-3-1-5-9-13-10-6-2-4-8-12/h3-4,9-10H,1-2,5-8H2;1-4H,5-10H2/b;3-1-,4-2+. The van der Waals surface area contributed by atoms with Gasteiger partial charge in [0.1, 0.15) is 0 Å². The normalized spacial score (nSPS) is 13.4. The summed E-state index contributed by atoms with van der Waals surface area (Å²) in [6.07, 6.45) is 14.8. The molecule has 0 radical (unpaired) electrons. The van der Waals surface area contributed by atoms with Crippen molar-refractivity contribution in [2.24, 2.45) is 0 Å². The van der Waals surface area contributed by atoms with Gasteiger partial charge in [-0.3, -0.25) is 0 Å². The molecule has 0 amide bonds. The largest absolute Gasteiger partial charge is 0.381 e. The van der Waals surface area contributed by atoms with E-state index in [2.05, 4.69) is 13.2 Å². The first-order valence-corrected chi connectivity index (χ1v) is 10.7. The summed E-state index contributed by atoms with van der Waals surface area (Å²) < 4.78 is 10.7. The highest BCUT2D eigenvalue weighted by Crippen LogP contribution is 2.05. The molecule has 152 valence electrons. The van der Waals surface area contributed by atoms with Gasteiger partial charge in [0.25, 0.3) is 0 Å². The van der Waals surface area contributed by atoms with Crippen molar-refractivity contribution >= 4 is 46.4 Å². The summed E-state index contributed by atoms with van der Waals surface area (Å²) >= 11 is 22.5. The van der Waals surface area contributed by atoms with E-state index in [0.29, 0.717) is 25.0 Å². The SMILES string of the molecule is C=CC(Cl)CCOCCC(Cl)C=C.ClC/C=C\CCOCC/C=C/CCl. The van der Waals surface area contributed by atoms with Gasteiger partial charge >= 0.3 is 0 Å². The number of hydrogen-bond donors (Lipinski definition) is 0. The molecule has 0 aliphatic rings. The molecule has 0 fully saturated rings. The zero-order valence-electron chi connectivity index (χ0n) is 15.4. The number of hydrogen-bond acceptors (Lipinski definition) is 2. The number of rotatable bonds is 16. The average Bonchev–Trinajstić information content (AvgIpc) is 2.66. The van der Waals surface area contributed by atoms with Gasteiger partial charge in [-0.15, -0.1) is 59.6 Å². The number of alkyl halides is 4. The maximum atomic E-state index is 5.79. The summed E-state index contributed by atoms with van der Waals surface area (Å²) in [4.78, 5) is 0. The Morgan fingerprint density at radius 1 is 0.654 bits per heavy atom. The summed E-state index contributed by atoms with van der Waals surface area (Å²) in [6.45, 7) is 10.00. The van der Waals surface area contributed by atoms with Crippen molar-refractivity contribution < 1.29 is 9.47 Å². The summed E-state index contributed by atoms with van der Waals surface area (Å²) in [5.41, 5.74) is 0. The van der Waals surface area contributed by atoms with Gasteiger partial charge in [-0.05, 0) is 25.7 Å². The fraction of sp³-hybridized carbons (Fsp3) is 0.600. The molecule has 26 heavy (non-hydrogen) atoms. The van der Waals surface area contributed by atoms with E-state index < -0.39 is 0 Å². The Morgan fingerprint density at radius 2 is 1.04 bits per heavy atom. The number of ether oxygens (including phenoxy) is 2. The van der Waals surface area contributed by atoms with Gasteiger partial charge in [0.05, 0.1) is 24.0 Å². The first-order chi connectivity index (χ1) is 12.6. The van der Waals surface area contributed by atoms with Crippen LogP contribution in [-0.4, -0.2) is 48.9 Å². The Labute approximate surface area is 179 Å². The molecule has 2 nitrogen and oxygen atoms in total. The fourth-order valence-electron chi connectivity index (χ4n) is 1.50. The Hall–Kier alpha value is 0.0400. The zero-order chi connectivity index (χ0) is 19.9. The highest BCUT2D eigenvalue weighted by Gasteiger charge is 2.00. The fourth-order valence-corrected chi connectivity index (χ4v) is 1.93. The molecule has 0 N–H and O–H groups in total. The van der Waals surface area contributed by atoms with Gasteiger partial charge < -0.3 is 9.47 Å². The second-order valence-electron chi connectivity index (χ2n) is 5.13. The van der Waals surface area contributed by atoms with Crippen LogP contribution < -0.4 is 0 Å². The van der Waals surface area contributed by atoms with Gasteiger partial charge in [0.2, 0.25) is 0 Å².